The Kier molecular flexibility index (Phi) is 8.15. The second-order valence-electron chi connectivity index (χ2n) is 7.19. The molecule has 0 aliphatic rings. The Morgan fingerprint density at radius 3 is 1.78 bits per heavy atom. The van der Waals surface area contributed by atoms with Gasteiger partial charge in [-0.2, -0.15) is 13.2 Å². The molecule has 0 spiro atoms. The normalized spacial score (nSPS) is 12.7. The predicted molar refractivity (Wildman–Crippen MR) is 86.1 cm³/mol. The predicted octanol–water partition coefficient (Wildman–Crippen LogP) is 5.70. The number of alkyl halides is 3. The van der Waals surface area contributed by atoms with Gasteiger partial charge in [-0.25, -0.2) is 4.99 Å². The second kappa shape index (κ2) is 7.72. The first-order valence-electron chi connectivity index (χ1n) is 6.72. The van der Waals surface area contributed by atoms with Crippen LogP contribution in [0.15, 0.2) is 17.1 Å². The van der Waals surface area contributed by atoms with E-state index in [9.17, 15) is 18.3 Å². The summed E-state index contributed by atoms with van der Waals surface area (Å²) in [6.45, 7) is 11.6. The summed E-state index contributed by atoms with van der Waals surface area (Å²) in [4.78, 5) is 3.43. The Hall–Kier alpha value is -0.988. The van der Waals surface area contributed by atoms with Gasteiger partial charge in [-0.3, -0.25) is 0 Å². The van der Waals surface area contributed by atoms with E-state index < -0.39 is 11.6 Å². The molecule has 0 bridgehead atoms. The Balaban J connectivity index is 0. The van der Waals surface area contributed by atoms with Crippen LogP contribution in [0.2, 0.25) is 0 Å². The molecule has 0 unspecified atom stereocenters. The molecular formula is C17H25CrF3NO-. The molecule has 132 valence electrons. The third kappa shape index (κ3) is 6.97. The van der Waals surface area contributed by atoms with Gasteiger partial charge in [0.2, 0.25) is 0 Å². The second-order valence-corrected chi connectivity index (χ2v) is 7.19. The fraction of sp³-hybridized carbons (Fsp3) is 0.529. The summed E-state index contributed by atoms with van der Waals surface area (Å²) in [6.07, 6.45) is -4.60. The number of aliphatic imine (C=N–C) groups is 1. The zero-order chi connectivity index (χ0) is 16.6. The van der Waals surface area contributed by atoms with Gasteiger partial charge in [0, 0.05) is 22.9 Å². The molecule has 0 atom stereocenters. The summed E-state index contributed by atoms with van der Waals surface area (Å²) in [5.74, 6) is -0.198. The van der Waals surface area contributed by atoms with Gasteiger partial charge in [-0.1, -0.05) is 47.6 Å². The van der Waals surface area contributed by atoms with E-state index >= 15 is 0 Å². The van der Waals surface area contributed by atoms with Crippen LogP contribution in [0.3, 0.4) is 0 Å². The van der Waals surface area contributed by atoms with Crippen LogP contribution in [0.4, 0.5) is 18.9 Å². The molecule has 1 rings (SSSR count). The minimum absolute atomic E-state index is 0. The van der Waals surface area contributed by atoms with E-state index in [-0.39, 0.29) is 47.9 Å². The minimum Gasteiger partial charge on any atom is -0.505 e. The maximum atomic E-state index is 12.3. The van der Waals surface area contributed by atoms with Gasteiger partial charge in [0.25, 0.3) is 0 Å². The first-order valence-corrected chi connectivity index (χ1v) is 6.72. The van der Waals surface area contributed by atoms with Gasteiger partial charge in [0.15, 0.2) is 0 Å². The van der Waals surface area contributed by atoms with Crippen LogP contribution in [0.5, 0.6) is 5.75 Å². The minimum atomic E-state index is -4.51. The summed E-state index contributed by atoms with van der Waals surface area (Å²) in [7, 11) is 0. The van der Waals surface area contributed by atoms with Crippen LogP contribution in [-0.4, -0.2) is 17.5 Å². The molecule has 0 amide bonds. The molecule has 0 heterocycles. The fourth-order valence-corrected chi connectivity index (χ4v) is 1.87. The average molecular weight is 368 g/mol. The van der Waals surface area contributed by atoms with Crippen molar-refractivity contribution in [3.8, 4) is 5.75 Å². The molecule has 1 N–H and O–H groups in total. The van der Waals surface area contributed by atoms with Crippen molar-refractivity contribution >= 4 is 11.9 Å². The topological polar surface area (TPSA) is 32.6 Å². The molecule has 0 aromatic heterocycles. The van der Waals surface area contributed by atoms with Gasteiger partial charge < -0.3 is 12.5 Å². The molecule has 1 aromatic carbocycles. The zero-order valence-corrected chi connectivity index (χ0v) is 15.9. The molecule has 6 heteroatoms. The molecule has 0 saturated heterocycles. The maximum Gasteiger partial charge on any atom is 0.426 e. The number of rotatable bonds is 1. The summed E-state index contributed by atoms with van der Waals surface area (Å²) in [6, 6.07) is 3.34. The Bertz CT molecular complexity index is 553. The van der Waals surface area contributed by atoms with Crippen molar-refractivity contribution in [1.82, 2.24) is 0 Å². The first kappa shape index (κ1) is 24.3. The van der Waals surface area contributed by atoms with Gasteiger partial charge in [0.1, 0.15) is 17.7 Å². The summed E-state index contributed by atoms with van der Waals surface area (Å²) in [5, 5.41) is 10.2. The Labute approximate surface area is 148 Å². The van der Waals surface area contributed by atoms with Crippen molar-refractivity contribution in [1.29, 1.82) is 0 Å². The average Bonchev–Trinajstić information content (AvgIpc) is 2.23. The molecule has 0 aliphatic carbocycles. The van der Waals surface area contributed by atoms with Crippen molar-refractivity contribution in [2.45, 2.75) is 58.5 Å². The Morgan fingerprint density at radius 2 is 1.43 bits per heavy atom. The number of halogens is 3. The van der Waals surface area contributed by atoms with E-state index in [1.807, 2.05) is 47.6 Å². The number of aromatic hydroxyl groups is 1. The van der Waals surface area contributed by atoms with E-state index in [4.69, 9.17) is 0 Å². The molecule has 0 saturated carbocycles. The summed E-state index contributed by atoms with van der Waals surface area (Å²) in [5.41, 5.74) is 0.720. The van der Waals surface area contributed by atoms with Gasteiger partial charge in [0.05, 0.1) is 0 Å². The smallest absolute Gasteiger partial charge is 0.426 e. The molecule has 0 radical (unpaired) electrons. The fourth-order valence-electron chi connectivity index (χ4n) is 1.87. The SMILES string of the molecule is CC(C)(C)c1cc(N=CC(F)(F)F)c(O)c(C(C)(C)C)c1.[CH3-].[Cr]. The number of nitrogens with zero attached hydrogens (tertiary/aromatic N) is 1. The van der Waals surface area contributed by atoms with E-state index in [2.05, 4.69) is 4.99 Å². The van der Waals surface area contributed by atoms with E-state index in [1.54, 1.807) is 0 Å². The summed E-state index contributed by atoms with van der Waals surface area (Å²) >= 11 is 0. The standard InChI is InChI=1S/C16H22F3NO.CH3.Cr/c1-14(2,3)10-7-11(15(4,5)6)13(21)12(8-10)20-9-16(17,18)19;;/h7-9,21H,1-6H3;1H3;/q;-1;. The van der Waals surface area contributed by atoms with Crippen molar-refractivity contribution in [2.24, 2.45) is 4.99 Å². The van der Waals surface area contributed by atoms with E-state index in [0.717, 1.165) is 5.56 Å². The number of hydrogen-bond acceptors (Lipinski definition) is 2. The number of hydrogen-bond donors (Lipinski definition) is 1. The first-order chi connectivity index (χ1) is 9.22. The van der Waals surface area contributed by atoms with Crippen LogP contribution in [0.1, 0.15) is 52.7 Å². The van der Waals surface area contributed by atoms with Crippen LogP contribution < -0.4 is 0 Å². The molecular weight excluding hydrogens is 343 g/mol. The van der Waals surface area contributed by atoms with Crippen LogP contribution in [-0.2, 0) is 28.2 Å². The van der Waals surface area contributed by atoms with Gasteiger partial charge >= 0.3 is 6.18 Å². The van der Waals surface area contributed by atoms with Gasteiger partial charge in [-0.05, 0) is 22.5 Å². The Morgan fingerprint density at radius 1 is 0.957 bits per heavy atom. The number of benzene rings is 1. The monoisotopic (exact) mass is 368 g/mol. The van der Waals surface area contributed by atoms with E-state index in [1.165, 1.54) is 6.07 Å². The van der Waals surface area contributed by atoms with Crippen molar-refractivity contribution in [3.63, 3.8) is 0 Å². The zero-order valence-electron chi connectivity index (χ0n) is 14.7. The molecule has 23 heavy (non-hydrogen) atoms. The quantitative estimate of drug-likeness (QED) is 0.501. The van der Waals surface area contributed by atoms with Crippen LogP contribution >= 0.6 is 0 Å². The van der Waals surface area contributed by atoms with Crippen LogP contribution in [0.25, 0.3) is 0 Å². The van der Waals surface area contributed by atoms with Crippen molar-refractivity contribution in [3.05, 3.63) is 30.7 Å². The van der Waals surface area contributed by atoms with Crippen molar-refractivity contribution in [2.75, 3.05) is 0 Å². The summed E-state index contributed by atoms with van der Waals surface area (Å²) < 4.78 is 36.9. The molecule has 1 aromatic rings. The molecule has 0 fully saturated rings. The third-order valence-corrected chi connectivity index (χ3v) is 3.11. The van der Waals surface area contributed by atoms with Gasteiger partial charge in [-0.15, -0.1) is 0 Å². The van der Waals surface area contributed by atoms with E-state index in [0.29, 0.717) is 5.56 Å². The number of phenols is 1. The maximum absolute atomic E-state index is 12.3. The van der Waals surface area contributed by atoms with Crippen molar-refractivity contribution < 1.29 is 35.6 Å². The van der Waals surface area contributed by atoms with Crippen LogP contribution in [0, 0.1) is 7.43 Å². The molecule has 0 aliphatic heterocycles. The number of phenolic OH excluding ortho intramolecular Hbond substituents is 1. The third-order valence-electron chi connectivity index (χ3n) is 3.11. The largest absolute Gasteiger partial charge is 0.505 e. The molecule has 2 nitrogen and oxygen atoms in total.